The molecule has 3 rings (SSSR count). The van der Waals surface area contributed by atoms with E-state index in [1.165, 1.54) is 8.61 Å². The van der Waals surface area contributed by atoms with Gasteiger partial charge in [0, 0.05) is 26.2 Å². The lowest BCUT2D eigenvalue weighted by Crippen LogP contribution is -2.50. The molecule has 6 nitrogen and oxygen atoms in total. The Morgan fingerprint density at radius 3 is 1.40 bits per heavy atom. The molecule has 0 atom stereocenters. The van der Waals surface area contributed by atoms with Crippen LogP contribution in [0.25, 0.3) is 0 Å². The highest BCUT2D eigenvalue weighted by molar-refractivity contribution is 7.89. The molecule has 0 saturated carbocycles. The highest BCUT2D eigenvalue weighted by Gasteiger charge is 2.33. The van der Waals surface area contributed by atoms with Crippen LogP contribution in [-0.2, 0) is 32.9 Å². The quantitative estimate of drug-likeness (QED) is 0.650. The molecule has 0 amide bonds. The van der Waals surface area contributed by atoms with Crippen molar-refractivity contribution >= 4 is 20.0 Å². The van der Waals surface area contributed by atoms with Crippen molar-refractivity contribution in [3.63, 3.8) is 0 Å². The normalized spacial score (nSPS) is 16.8. The summed E-state index contributed by atoms with van der Waals surface area (Å²) in [6.07, 6.45) is 1.74. The number of hydrogen-bond donors (Lipinski definition) is 0. The predicted octanol–water partition coefficient (Wildman–Crippen LogP) is 3.14. The molecule has 1 saturated heterocycles. The topological polar surface area (TPSA) is 74.8 Å². The number of aryl methyl sites for hydroxylation is 1. The second-order valence-corrected chi connectivity index (χ2v) is 11.9. The summed E-state index contributed by atoms with van der Waals surface area (Å²) in [5, 5.41) is 0. The summed E-state index contributed by atoms with van der Waals surface area (Å²) in [4.78, 5) is 0.498. The van der Waals surface area contributed by atoms with Crippen molar-refractivity contribution in [2.75, 3.05) is 26.2 Å². The summed E-state index contributed by atoms with van der Waals surface area (Å²) < 4.78 is 54.5. The van der Waals surface area contributed by atoms with E-state index >= 15 is 0 Å². The maximum absolute atomic E-state index is 13.0. The minimum Gasteiger partial charge on any atom is -0.207 e. The van der Waals surface area contributed by atoms with Crippen LogP contribution in [0.2, 0.25) is 0 Å². The van der Waals surface area contributed by atoms with E-state index in [1.54, 1.807) is 24.3 Å². The van der Waals surface area contributed by atoms with Gasteiger partial charge in [-0.25, -0.2) is 16.8 Å². The molecule has 1 heterocycles. The van der Waals surface area contributed by atoms with Crippen molar-refractivity contribution in [1.82, 2.24) is 8.61 Å². The molecule has 0 aromatic heterocycles. The summed E-state index contributed by atoms with van der Waals surface area (Å²) in [6.45, 7) is 6.82. The molecule has 8 heteroatoms. The molecule has 164 valence electrons. The Hall–Kier alpha value is -1.74. The fourth-order valence-electron chi connectivity index (χ4n) is 3.61. The number of sulfonamides is 2. The van der Waals surface area contributed by atoms with Crippen molar-refractivity contribution in [2.24, 2.45) is 5.92 Å². The summed E-state index contributed by atoms with van der Waals surface area (Å²) >= 11 is 0. The van der Waals surface area contributed by atoms with Gasteiger partial charge in [0.25, 0.3) is 0 Å². The number of piperazine rings is 1. The first kappa shape index (κ1) is 22.9. The predicted molar refractivity (Wildman–Crippen MR) is 118 cm³/mol. The van der Waals surface area contributed by atoms with Crippen LogP contribution in [0.5, 0.6) is 0 Å². The molecule has 0 spiro atoms. The molecule has 1 fully saturated rings. The van der Waals surface area contributed by atoms with Gasteiger partial charge in [-0.2, -0.15) is 8.61 Å². The Balaban J connectivity index is 1.69. The van der Waals surface area contributed by atoms with Gasteiger partial charge in [-0.05, 0) is 54.2 Å². The third-order valence-corrected chi connectivity index (χ3v) is 9.20. The Bertz CT molecular complexity index is 1050. The van der Waals surface area contributed by atoms with Gasteiger partial charge < -0.3 is 0 Å². The van der Waals surface area contributed by atoms with Gasteiger partial charge in [0.2, 0.25) is 20.0 Å². The SMILES string of the molecule is CCc1ccc(S(=O)(=O)N2CCN(S(=O)(=O)c3ccc(CC(C)C)cc3)CC2)cc1. The van der Waals surface area contributed by atoms with Gasteiger partial charge >= 0.3 is 0 Å². The van der Waals surface area contributed by atoms with Gasteiger partial charge in [0.1, 0.15) is 0 Å². The molecule has 0 radical (unpaired) electrons. The van der Waals surface area contributed by atoms with Gasteiger partial charge in [-0.15, -0.1) is 0 Å². The molecule has 30 heavy (non-hydrogen) atoms. The average Bonchev–Trinajstić information content (AvgIpc) is 2.74. The fourth-order valence-corrected chi connectivity index (χ4v) is 6.46. The van der Waals surface area contributed by atoms with Crippen LogP contribution in [0.1, 0.15) is 31.9 Å². The van der Waals surface area contributed by atoms with E-state index < -0.39 is 20.0 Å². The zero-order valence-corrected chi connectivity index (χ0v) is 19.4. The maximum Gasteiger partial charge on any atom is 0.243 e. The molecular formula is C22H30N2O4S2. The third-order valence-electron chi connectivity index (χ3n) is 5.37. The Labute approximate surface area is 180 Å². The lowest BCUT2D eigenvalue weighted by Gasteiger charge is -2.33. The second kappa shape index (κ2) is 9.18. The van der Waals surface area contributed by atoms with E-state index in [1.807, 2.05) is 31.2 Å². The van der Waals surface area contributed by atoms with Crippen LogP contribution in [-0.4, -0.2) is 51.6 Å². The molecule has 2 aromatic rings. The Kier molecular flexibility index (Phi) is 7.02. The van der Waals surface area contributed by atoms with Crippen LogP contribution in [0, 0.1) is 5.92 Å². The molecule has 0 aliphatic carbocycles. The zero-order chi connectivity index (χ0) is 21.9. The lowest BCUT2D eigenvalue weighted by molar-refractivity contribution is 0.273. The number of nitrogens with zero attached hydrogens (tertiary/aromatic N) is 2. The van der Waals surface area contributed by atoms with Crippen LogP contribution >= 0.6 is 0 Å². The summed E-state index contributed by atoms with van der Waals surface area (Å²) in [6, 6.07) is 13.9. The van der Waals surface area contributed by atoms with Crippen molar-refractivity contribution in [2.45, 2.75) is 43.4 Å². The van der Waals surface area contributed by atoms with Crippen molar-refractivity contribution in [3.8, 4) is 0 Å². The minimum absolute atomic E-state index is 0.141. The molecule has 2 aromatic carbocycles. The van der Waals surface area contributed by atoms with Gasteiger partial charge in [0.15, 0.2) is 0 Å². The van der Waals surface area contributed by atoms with Crippen molar-refractivity contribution < 1.29 is 16.8 Å². The first-order chi connectivity index (χ1) is 14.1. The largest absolute Gasteiger partial charge is 0.243 e. The van der Waals surface area contributed by atoms with Gasteiger partial charge in [-0.3, -0.25) is 0 Å². The monoisotopic (exact) mass is 450 g/mol. The summed E-state index contributed by atoms with van der Waals surface area (Å²) in [5.74, 6) is 0.501. The van der Waals surface area contributed by atoms with Crippen LogP contribution in [0.15, 0.2) is 58.3 Å². The molecule has 1 aliphatic rings. The van der Waals surface area contributed by atoms with E-state index in [9.17, 15) is 16.8 Å². The first-order valence-corrected chi connectivity index (χ1v) is 13.2. The van der Waals surface area contributed by atoms with Crippen molar-refractivity contribution in [3.05, 3.63) is 59.7 Å². The minimum atomic E-state index is -3.64. The molecule has 1 aliphatic heterocycles. The number of benzene rings is 2. The van der Waals surface area contributed by atoms with E-state index in [2.05, 4.69) is 13.8 Å². The molecule has 0 bridgehead atoms. The molecule has 0 N–H and O–H groups in total. The van der Waals surface area contributed by atoms with E-state index in [0.29, 0.717) is 5.92 Å². The smallest absolute Gasteiger partial charge is 0.207 e. The van der Waals surface area contributed by atoms with Crippen LogP contribution in [0.3, 0.4) is 0 Å². The van der Waals surface area contributed by atoms with E-state index in [0.717, 1.165) is 24.0 Å². The second-order valence-electron chi connectivity index (χ2n) is 8.05. The summed E-state index contributed by atoms with van der Waals surface area (Å²) in [5.41, 5.74) is 2.18. The molecular weight excluding hydrogens is 420 g/mol. The summed E-state index contributed by atoms with van der Waals surface area (Å²) in [7, 11) is -7.26. The van der Waals surface area contributed by atoms with Crippen LogP contribution < -0.4 is 0 Å². The van der Waals surface area contributed by atoms with Crippen LogP contribution in [0.4, 0.5) is 0 Å². The molecule has 0 unspecified atom stereocenters. The van der Waals surface area contributed by atoms with Gasteiger partial charge in [-0.1, -0.05) is 45.0 Å². The number of rotatable bonds is 7. The van der Waals surface area contributed by atoms with Crippen molar-refractivity contribution in [1.29, 1.82) is 0 Å². The van der Waals surface area contributed by atoms with E-state index in [4.69, 9.17) is 0 Å². The zero-order valence-electron chi connectivity index (χ0n) is 17.8. The lowest BCUT2D eigenvalue weighted by atomic mass is 10.0. The standard InChI is InChI=1S/C22H30N2O4S2/c1-4-19-5-9-21(10-6-19)29(25,26)23-13-15-24(16-14-23)30(27,28)22-11-7-20(8-12-22)17-18(2)3/h5-12,18H,4,13-17H2,1-3H3. The fraction of sp³-hybridized carbons (Fsp3) is 0.455. The van der Waals surface area contributed by atoms with Gasteiger partial charge in [0.05, 0.1) is 9.79 Å². The van der Waals surface area contributed by atoms with E-state index in [-0.39, 0.29) is 36.0 Å². The third kappa shape index (κ3) is 4.94. The Morgan fingerprint density at radius 1 is 0.700 bits per heavy atom. The number of hydrogen-bond acceptors (Lipinski definition) is 4. The highest BCUT2D eigenvalue weighted by Crippen LogP contribution is 2.23. The highest BCUT2D eigenvalue weighted by atomic mass is 32.2. The Morgan fingerprint density at radius 2 is 1.07 bits per heavy atom. The average molecular weight is 451 g/mol. The first-order valence-electron chi connectivity index (χ1n) is 10.3. The maximum atomic E-state index is 13.0.